The van der Waals surface area contributed by atoms with Gasteiger partial charge in [0.2, 0.25) is 10.0 Å². The molecule has 0 atom stereocenters. The van der Waals surface area contributed by atoms with E-state index in [1.165, 1.54) is 11.3 Å². The molecule has 2 aromatic rings. The Bertz CT molecular complexity index is 732. The Balaban J connectivity index is 2.29. The summed E-state index contributed by atoms with van der Waals surface area (Å²) in [5.41, 5.74) is 3.22. The zero-order valence-electron chi connectivity index (χ0n) is 12.5. The van der Waals surface area contributed by atoms with E-state index < -0.39 is 10.0 Å². The third-order valence-electron chi connectivity index (χ3n) is 3.21. The van der Waals surface area contributed by atoms with Gasteiger partial charge in [0.1, 0.15) is 16.4 Å². The number of sulfonamides is 1. The predicted octanol–water partition coefficient (Wildman–Crippen LogP) is 1.86. The van der Waals surface area contributed by atoms with Gasteiger partial charge in [-0.15, -0.1) is 11.3 Å². The lowest BCUT2D eigenvalue weighted by Gasteiger charge is -2.08. The average Bonchev–Trinajstić information content (AvgIpc) is 2.92. The Morgan fingerprint density at radius 3 is 2.52 bits per heavy atom. The predicted molar refractivity (Wildman–Crippen MR) is 81.8 cm³/mol. The first-order chi connectivity index (χ1) is 9.86. The molecular weight excluding hydrogens is 310 g/mol. The van der Waals surface area contributed by atoms with E-state index in [2.05, 4.69) is 15.0 Å². The molecule has 116 valence electrons. The Hall–Kier alpha value is -1.22. The summed E-state index contributed by atoms with van der Waals surface area (Å²) < 4.78 is 33.2. The van der Waals surface area contributed by atoms with Crippen molar-refractivity contribution in [2.45, 2.75) is 38.8 Å². The summed E-state index contributed by atoms with van der Waals surface area (Å²) in [7, 11) is -1.85. The molecule has 2 aromatic heterocycles. The Labute approximate surface area is 128 Å². The van der Waals surface area contributed by atoms with E-state index in [4.69, 9.17) is 4.42 Å². The van der Waals surface area contributed by atoms with Gasteiger partial charge < -0.3 is 9.73 Å². The van der Waals surface area contributed by atoms with E-state index >= 15 is 0 Å². The van der Waals surface area contributed by atoms with Crippen LogP contribution >= 0.6 is 11.3 Å². The highest BCUT2D eigenvalue weighted by Gasteiger charge is 2.26. The first-order valence-electron chi connectivity index (χ1n) is 6.49. The summed E-state index contributed by atoms with van der Waals surface area (Å²) in [5, 5.41) is 2.97. The SMILES string of the molecule is CNCc1c(C)oc(C)c1S(=O)(=O)NCc1scnc1C. The molecule has 2 rings (SSSR count). The lowest BCUT2D eigenvalue weighted by Crippen LogP contribution is -2.25. The second-order valence-corrected chi connectivity index (χ2v) is 7.38. The largest absolute Gasteiger partial charge is 0.465 e. The fourth-order valence-corrected chi connectivity index (χ4v) is 4.42. The summed E-state index contributed by atoms with van der Waals surface area (Å²) in [5.74, 6) is 1.03. The zero-order valence-corrected chi connectivity index (χ0v) is 14.1. The molecule has 2 N–H and O–H groups in total. The average molecular weight is 329 g/mol. The molecule has 8 heteroatoms. The number of nitrogens with one attached hydrogen (secondary N) is 2. The summed E-state index contributed by atoms with van der Waals surface area (Å²) in [6, 6.07) is 0. The number of furan rings is 1. The topological polar surface area (TPSA) is 84.2 Å². The van der Waals surface area contributed by atoms with Gasteiger partial charge in [0.05, 0.1) is 11.2 Å². The molecule has 0 radical (unpaired) electrons. The first kappa shape index (κ1) is 16.2. The van der Waals surface area contributed by atoms with Crippen LogP contribution in [0.2, 0.25) is 0 Å². The molecular formula is C13H19N3O3S2. The number of rotatable bonds is 6. The summed E-state index contributed by atoms with van der Waals surface area (Å²) in [6.07, 6.45) is 0. The second kappa shape index (κ2) is 6.27. The van der Waals surface area contributed by atoms with Crippen LogP contribution in [0.4, 0.5) is 0 Å². The van der Waals surface area contributed by atoms with Crippen molar-refractivity contribution in [1.82, 2.24) is 15.0 Å². The molecule has 0 aliphatic carbocycles. The van der Waals surface area contributed by atoms with Crippen LogP contribution in [0.5, 0.6) is 0 Å². The molecule has 0 bridgehead atoms. The molecule has 0 aromatic carbocycles. The summed E-state index contributed by atoms with van der Waals surface area (Å²) >= 11 is 1.44. The number of aromatic nitrogens is 1. The van der Waals surface area contributed by atoms with Gasteiger partial charge in [0, 0.05) is 23.5 Å². The van der Waals surface area contributed by atoms with E-state index in [9.17, 15) is 8.42 Å². The monoisotopic (exact) mass is 329 g/mol. The van der Waals surface area contributed by atoms with Crippen LogP contribution < -0.4 is 10.0 Å². The van der Waals surface area contributed by atoms with Crippen LogP contribution in [0.1, 0.15) is 27.7 Å². The summed E-state index contributed by atoms with van der Waals surface area (Å²) in [6.45, 7) is 5.98. The quantitative estimate of drug-likeness (QED) is 0.845. The van der Waals surface area contributed by atoms with Crippen LogP contribution in [0.15, 0.2) is 14.8 Å². The minimum atomic E-state index is -3.62. The van der Waals surface area contributed by atoms with Gasteiger partial charge in [-0.05, 0) is 27.8 Å². The van der Waals surface area contributed by atoms with E-state index in [1.807, 2.05) is 6.92 Å². The lowest BCUT2D eigenvalue weighted by molar-refractivity contribution is 0.493. The second-order valence-electron chi connectivity index (χ2n) is 4.74. The number of nitrogens with zero attached hydrogens (tertiary/aromatic N) is 1. The molecule has 21 heavy (non-hydrogen) atoms. The normalized spacial score (nSPS) is 12.0. The first-order valence-corrected chi connectivity index (χ1v) is 8.85. The van der Waals surface area contributed by atoms with Gasteiger partial charge in [0.15, 0.2) is 0 Å². The van der Waals surface area contributed by atoms with Crippen molar-refractivity contribution in [2.75, 3.05) is 7.05 Å². The van der Waals surface area contributed by atoms with Gasteiger partial charge in [-0.25, -0.2) is 18.1 Å². The van der Waals surface area contributed by atoms with Crippen molar-refractivity contribution in [3.63, 3.8) is 0 Å². The van der Waals surface area contributed by atoms with Gasteiger partial charge in [-0.1, -0.05) is 0 Å². The number of aryl methyl sites for hydroxylation is 3. The Morgan fingerprint density at radius 1 is 1.24 bits per heavy atom. The van der Waals surface area contributed by atoms with E-state index in [0.717, 1.165) is 10.6 Å². The maximum atomic E-state index is 12.6. The number of thiazole rings is 1. The highest BCUT2D eigenvalue weighted by atomic mass is 32.2. The van der Waals surface area contributed by atoms with Gasteiger partial charge in [0.25, 0.3) is 0 Å². The van der Waals surface area contributed by atoms with Crippen molar-refractivity contribution in [3.8, 4) is 0 Å². The minimum Gasteiger partial charge on any atom is -0.465 e. The fourth-order valence-electron chi connectivity index (χ4n) is 2.17. The molecule has 0 unspecified atom stereocenters. The maximum absolute atomic E-state index is 12.6. The lowest BCUT2D eigenvalue weighted by atomic mass is 10.2. The zero-order chi connectivity index (χ0) is 15.6. The van der Waals surface area contributed by atoms with Crippen LogP contribution in [0, 0.1) is 20.8 Å². The van der Waals surface area contributed by atoms with Gasteiger partial charge >= 0.3 is 0 Å². The highest BCUT2D eigenvalue weighted by molar-refractivity contribution is 7.89. The molecule has 0 fully saturated rings. The van der Waals surface area contributed by atoms with Crippen molar-refractivity contribution < 1.29 is 12.8 Å². The van der Waals surface area contributed by atoms with Gasteiger partial charge in [-0.3, -0.25) is 0 Å². The smallest absolute Gasteiger partial charge is 0.244 e. The van der Waals surface area contributed by atoms with E-state index in [-0.39, 0.29) is 11.4 Å². The molecule has 2 heterocycles. The molecule has 0 spiro atoms. The highest BCUT2D eigenvalue weighted by Crippen LogP contribution is 2.26. The Kier molecular flexibility index (Phi) is 4.82. The van der Waals surface area contributed by atoms with E-state index in [1.54, 1.807) is 26.4 Å². The van der Waals surface area contributed by atoms with Crippen molar-refractivity contribution >= 4 is 21.4 Å². The van der Waals surface area contributed by atoms with Crippen LogP contribution in [-0.2, 0) is 23.1 Å². The Morgan fingerprint density at radius 2 is 1.95 bits per heavy atom. The van der Waals surface area contributed by atoms with Crippen molar-refractivity contribution in [1.29, 1.82) is 0 Å². The summed E-state index contributed by atoms with van der Waals surface area (Å²) in [4.78, 5) is 5.26. The van der Waals surface area contributed by atoms with Crippen LogP contribution in [0.25, 0.3) is 0 Å². The maximum Gasteiger partial charge on any atom is 0.244 e. The van der Waals surface area contributed by atoms with Crippen LogP contribution in [-0.4, -0.2) is 20.4 Å². The third kappa shape index (κ3) is 3.34. The van der Waals surface area contributed by atoms with Crippen LogP contribution in [0.3, 0.4) is 0 Å². The molecule has 0 saturated heterocycles. The standard InChI is InChI=1S/C13H19N3O3S2/c1-8-12(20-7-15-8)6-16-21(17,18)13-10(3)19-9(2)11(13)5-14-4/h7,14,16H,5-6H2,1-4H3. The molecule has 0 aliphatic rings. The minimum absolute atomic E-state index is 0.233. The van der Waals surface area contributed by atoms with Crippen molar-refractivity contribution in [3.05, 3.63) is 33.2 Å². The van der Waals surface area contributed by atoms with Crippen molar-refractivity contribution in [2.24, 2.45) is 0 Å². The van der Waals surface area contributed by atoms with E-state index in [0.29, 0.717) is 23.6 Å². The third-order valence-corrected chi connectivity index (χ3v) is 5.75. The molecule has 6 nitrogen and oxygen atoms in total. The number of hydrogen-bond acceptors (Lipinski definition) is 6. The number of hydrogen-bond donors (Lipinski definition) is 2. The molecule has 0 amide bonds. The molecule has 0 aliphatic heterocycles. The molecule has 0 saturated carbocycles. The fraction of sp³-hybridized carbons (Fsp3) is 0.462. The van der Waals surface area contributed by atoms with Gasteiger partial charge in [-0.2, -0.15) is 0 Å².